The molecule has 0 bridgehead atoms. The van der Waals surface area contributed by atoms with Crippen LogP contribution in [-0.4, -0.2) is 49.9 Å². The fourth-order valence-corrected chi connectivity index (χ4v) is 5.99. The number of hydrogen-bond donors (Lipinski definition) is 2. The number of carbonyl (C=O) groups excluding carboxylic acids is 1. The zero-order valence-electron chi connectivity index (χ0n) is 16.6. The molecule has 1 aliphatic rings. The quantitative estimate of drug-likeness (QED) is 0.637. The Balaban J connectivity index is 1.55. The molecule has 0 radical (unpaired) electrons. The highest BCUT2D eigenvalue weighted by Gasteiger charge is 2.26. The van der Waals surface area contributed by atoms with Crippen LogP contribution in [0, 0.1) is 13.8 Å². The van der Waals surface area contributed by atoms with Gasteiger partial charge in [0.2, 0.25) is 10.0 Å². The summed E-state index contributed by atoms with van der Waals surface area (Å²) in [7, 11) is -3.58. The van der Waals surface area contributed by atoms with Gasteiger partial charge in [0.05, 0.1) is 23.8 Å². The standard InChI is InChI=1S/C20H22N4O4S2/c1-12-11-13(2)22-20-16(12)17(21)18(29-20)19(25)23-14-3-5-15(6-4-14)30(26,27)24-7-9-28-10-8-24/h3-6,11H,7-10,21H2,1-2H3,(H,23,25). The van der Waals surface area contributed by atoms with Crippen LogP contribution in [0.25, 0.3) is 10.2 Å². The molecule has 1 aromatic carbocycles. The van der Waals surface area contributed by atoms with Gasteiger partial charge in [-0.3, -0.25) is 4.79 Å². The second kappa shape index (κ2) is 7.95. The third-order valence-corrected chi connectivity index (χ3v) is 7.96. The average molecular weight is 447 g/mol. The summed E-state index contributed by atoms with van der Waals surface area (Å²) in [6.07, 6.45) is 0. The van der Waals surface area contributed by atoms with E-state index in [2.05, 4.69) is 10.3 Å². The van der Waals surface area contributed by atoms with Crippen LogP contribution in [0.1, 0.15) is 20.9 Å². The molecule has 30 heavy (non-hydrogen) atoms. The summed E-state index contributed by atoms with van der Waals surface area (Å²) in [5, 5.41) is 3.58. The number of anilines is 2. The summed E-state index contributed by atoms with van der Waals surface area (Å²) < 4.78 is 32.0. The Hall–Kier alpha value is -2.53. The molecule has 2 aromatic heterocycles. The average Bonchev–Trinajstić information content (AvgIpc) is 3.05. The van der Waals surface area contributed by atoms with Crippen molar-refractivity contribution < 1.29 is 17.9 Å². The van der Waals surface area contributed by atoms with E-state index in [1.54, 1.807) is 12.1 Å². The van der Waals surface area contributed by atoms with Gasteiger partial charge in [-0.1, -0.05) is 0 Å². The maximum absolute atomic E-state index is 12.8. The van der Waals surface area contributed by atoms with E-state index in [1.807, 2.05) is 19.9 Å². The molecule has 3 heterocycles. The number of rotatable bonds is 4. The van der Waals surface area contributed by atoms with E-state index in [9.17, 15) is 13.2 Å². The molecule has 0 unspecified atom stereocenters. The Morgan fingerprint density at radius 1 is 1.20 bits per heavy atom. The number of benzene rings is 1. The first-order valence-corrected chi connectivity index (χ1v) is 11.7. The first-order valence-electron chi connectivity index (χ1n) is 9.43. The van der Waals surface area contributed by atoms with E-state index >= 15 is 0 Å². The van der Waals surface area contributed by atoms with Crippen molar-refractivity contribution in [2.45, 2.75) is 18.7 Å². The van der Waals surface area contributed by atoms with Crippen LogP contribution in [0.2, 0.25) is 0 Å². The molecule has 3 aromatic rings. The Labute approximate surface area is 178 Å². The Bertz CT molecular complexity index is 1210. The Morgan fingerprint density at radius 3 is 2.53 bits per heavy atom. The highest BCUT2D eigenvalue weighted by Crippen LogP contribution is 2.35. The lowest BCUT2D eigenvalue weighted by Gasteiger charge is -2.26. The minimum atomic E-state index is -3.58. The van der Waals surface area contributed by atoms with Gasteiger partial charge >= 0.3 is 0 Å². The van der Waals surface area contributed by atoms with Crippen LogP contribution in [0.5, 0.6) is 0 Å². The number of aromatic nitrogens is 1. The maximum Gasteiger partial charge on any atom is 0.267 e. The number of nitrogens with two attached hydrogens (primary N) is 1. The Kier molecular flexibility index (Phi) is 5.49. The molecule has 1 saturated heterocycles. The summed E-state index contributed by atoms with van der Waals surface area (Å²) in [5.74, 6) is -0.351. The van der Waals surface area contributed by atoms with Crippen molar-refractivity contribution in [3.63, 3.8) is 0 Å². The summed E-state index contributed by atoms with van der Waals surface area (Å²) >= 11 is 1.24. The van der Waals surface area contributed by atoms with Crippen LogP contribution < -0.4 is 11.1 Å². The van der Waals surface area contributed by atoms with Crippen molar-refractivity contribution in [3.8, 4) is 0 Å². The van der Waals surface area contributed by atoms with Crippen molar-refractivity contribution >= 4 is 48.9 Å². The van der Waals surface area contributed by atoms with Crippen molar-refractivity contribution in [2.75, 3.05) is 37.4 Å². The Morgan fingerprint density at radius 2 is 1.87 bits per heavy atom. The van der Waals surface area contributed by atoms with E-state index in [0.29, 0.717) is 42.6 Å². The van der Waals surface area contributed by atoms with Crippen LogP contribution in [0.15, 0.2) is 35.2 Å². The van der Waals surface area contributed by atoms with E-state index in [1.165, 1.54) is 27.8 Å². The number of ether oxygens (including phenoxy) is 1. The first kappa shape index (κ1) is 20.7. The van der Waals surface area contributed by atoms with Gasteiger partial charge in [-0.15, -0.1) is 11.3 Å². The number of hydrogen-bond acceptors (Lipinski definition) is 7. The zero-order chi connectivity index (χ0) is 21.5. The van der Waals surface area contributed by atoms with Crippen LogP contribution in [0.3, 0.4) is 0 Å². The van der Waals surface area contributed by atoms with Gasteiger partial charge in [-0.2, -0.15) is 4.31 Å². The zero-order valence-corrected chi connectivity index (χ0v) is 18.3. The molecule has 0 spiro atoms. The number of fused-ring (bicyclic) bond motifs is 1. The van der Waals surface area contributed by atoms with Crippen molar-refractivity contribution in [1.82, 2.24) is 9.29 Å². The maximum atomic E-state index is 12.8. The lowest BCUT2D eigenvalue weighted by atomic mass is 10.1. The lowest BCUT2D eigenvalue weighted by molar-refractivity contribution is 0.0730. The molecule has 158 valence electrons. The molecule has 8 nitrogen and oxygen atoms in total. The number of amides is 1. The van der Waals surface area contributed by atoms with Crippen molar-refractivity contribution in [3.05, 3.63) is 46.5 Å². The summed E-state index contributed by atoms with van der Waals surface area (Å²) in [6.45, 7) is 5.28. The van der Waals surface area contributed by atoms with Gasteiger partial charge in [-0.05, 0) is 49.7 Å². The van der Waals surface area contributed by atoms with Crippen LogP contribution in [0.4, 0.5) is 11.4 Å². The summed E-state index contributed by atoms with van der Waals surface area (Å²) in [5.41, 5.74) is 8.96. The predicted octanol–water partition coefficient (Wildman–Crippen LogP) is 2.77. The van der Waals surface area contributed by atoms with Crippen molar-refractivity contribution in [2.24, 2.45) is 0 Å². The smallest absolute Gasteiger partial charge is 0.267 e. The molecule has 1 amide bonds. The number of nitrogen functional groups attached to an aromatic ring is 1. The summed E-state index contributed by atoms with van der Waals surface area (Å²) in [6, 6.07) is 8.05. The number of sulfonamides is 1. The first-order chi connectivity index (χ1) is 14.3. The van der Waals surface area contributed by atoms with Gasteiger partial charge in [0.25, 0.3) is 5.91 Å². The molecule has 10 heteroatoms. The highest BCUT2D eigenvalue weighted by atomic mass is 32.2. The predicted molar refractivity (Wildman–Crippen MR) is 117 cm³/mol. The molecule has 0 saturated carbocycles. The van der Waals surface area contributed by atoms with Crippen LogP contribution >= 0.6 is 11.3 Å². The minimum Gasteiger partial charge on any atom is -0.397 e. The third-order valence-electron chi connectivity index (χ3n) is 4.95. The number of nitrogens with zero attached hydrogens (tertiary/aromatic N) is 2. The topological polar surface area (TPSA) is 115 Å². The second-order valence-electron chi connectivity index (χ2n) is 7.10. The molecular weight excluding hydrogens is 424 g/mol. The number of aryl methyl sites for hydroxylation is 2. The molecule has 0 atom stereocenters. The monoisotopic (exact) mass is 446 g/mol. The van der Waals surface area contributed by atoms with Crippen LogP contribution in [-0.2, 0) is 14.8 Å². The molecule has 0 aliphatic carbocycles. The molecular formula is C20H22N4O4S2. The number of carbonyl (C=O) groups is 1. The van der Waals surface area contributed by atoms with E-state index in [-0.39, 0.29) is 10.8 Å². The number of nitrogens with one attached hydrogen (secondary N) is 1. The fourth-order valence-electron chi connectivity index (χ4n) is 3.47. The van der Waals surface area contributed by atoms with Gasteiger partial charge in [0.1, 0.15) is 9.71 Å². The lowest BCUT2D eigenvalue weighted by Crippen LogP contribution is -2.40. The van der Waals surface area contributed by atoms with E-state index < -0.39 is 10.0 Å². The minimum absolute atomic E-state index is 0.180. The fraction of sp³-hybridized carbons (Fsp3) is 0.300. The molecule has 1 aliphatic heterocycles. The van der Waals surface area contributed by atoms with E-state index in [4.69, 9.17) is 10.5 Å². The molecule has 3 N–H and O–H groups in total. The number of thiophene rings is 1. The van der Waals surface area contributed by atoms with Gasteiger partial charge < -0.3 is 15.8 Å². The van der Waals surface area contributed by atoms with E-state index in [0.717, 1.165) is 21.5 Å². The van der Waals surface area contributed by atoms with Gasteiger partial charge in [0, 0.05) is 29.9 Å². The number of pyridine rings is 1. The summed E-state index contributed by atoms with van der Waals surface area (Å²) in [4.78, 5) is 18.5. The van der Waals surface area contributed by atoms with Gasteiger partial charge in [-0.25, -0.2) is 13.4 Å². The highest BCUT2D eigenvalue weighted by molar-refractivity contribution is 7.89. The molecule has 4 rings (SSSR count). The molecule has 1 fully saturated rings. The SMILES string of the molecule is Cc1cc(C)c2c(N)c(C(=O)Nc3ccc(S(=O)(=O)N4CCOCC4)cc3)sc2n1. The van der Waals surface area contributed by atoms with Gasteiger partial charge in [0.15, 0.2) is 0 Å². The number of morpholine rings is 1. The second-order valence-corrected chi connectivity index (χ2v) is 10.0. The van der Waals surface area contributed by atoms with Crippen molar-refractivity contribution in [1.29, 1.82) is 0 Å². The largest absolute Gasteiger partial charge is 0.397 e. The normalized spacial score (nSPS) is 15.4. The third kappa shape index (κ3) is 3.79.